The summed E-state index contributed by atoms with van der Waals surface area (Å²) in [5.41, 5.74) is 3.13. The highest BCUT2D eigenvalue weighted by Crippen LogP contribution is 2.31. The summed E-state index contributed by atoms with van der Waals surface area (Å²) in [4.78, 5) is 15.1. The number of nitrogens with zero attached hydrogens (tertiary/aromatic N) is 4. The molecule has 1 unspecified atom stereocenters. The van der Waals surface area contributed by atoms with Gasteiger partial charge in [-0.3, -0.25) is 9.48 Å². The lowest BCUT2D eigenvalue weighted by Gasteiger charge is -2.34. The average molecular weight is 482 g/mol. The van der Waals surface area contributed by atoms with Gasteiger partial charge in [0.1, 0.15) is 5.69 Å². The first-order valence-electron chi connectivity index (χ1n) is 10.3. The Balaban J connectivity index is 1.67. The van der Waals surface area contributed by atoms with Crippen LogP contribution in [0.4, 0.5) is 5.69 Å². The molecule has 0 saturated carbocycles. The normalized spacial score (nSPS) is 19.9. The van der Waals surface area contributed by atoms with Gasteiger partial charge >= 0.3 is 0 Å². The Labute approximate surface area is 188 Å². The second kappa shape index (κ2) is 7.85. The molecule has 1 aromatic heterocycles. The number of anilines is 1. The molecule has 0 aliphatic carbocycles. The number of aromatic nitrogens is 2. The third-order valence-corrected chi connectivity index (χ3v) is 9.16. The van der Waals surface area contributed by atoms with E-state index in [1.54, 1.807) is 21.7 Å². The lowest BCUT2D eigenvalue weighted by Crippen LogP contribution is -2.43. The van der Waals surface area contributed by atoms with Crippen LogP contribution in [0.25, 0.3) is 0 Å². The molecule has 32 heavy (non-hydrogen) atoms. The molecule has 2 aliphatic heterocycles. The van der Waals surface area contributed by atoms with Crippen LogP contribution in [0.15, 0.2) is 24.3 Å². The van der Waals surface area contributed by atoms with Gasteiger partial charge in [-0.25, -0.2) is 16.8 Å². The van der Waals surface area contributed by atoms with Crippen molar-refractivity contribution in [1.82, 2.24) is 20.0 Å². The fourth-order valence-electron chi connectivity index (χ4n) is 4.45. The van der Waals surface area contributed by atoms with Crippen LogP contribution in [-0.2, 0) is 39.6 Å². The van der Waals surface area contributed by atoms with E-state index < -0.39 is 26.1 Å². The van der Waals surface area contributed by atoms with Crippen LogP contribution < -0.4 is 9.03 Å². The van der Waals surface area contributed by atoms with Crippen molar-refractivity contribution in [3.05, 3.63) is 46.8 Å². The van der Waals surface area contributed by atoms with Crippen LogP contribution in [0, 0.1) is 0 Å². The zero-order chi connectivity index (χ0) is 23.4. The summed E-state index contributed by atoms with van der Waals surface area (Å²) in [6, 6.07) is 6.20. The number of carbonyl (C=O) groups excluding carboxylic acids is 1. The van der Waals surface area contributed by atoms with Gasteiger partial charge in [-0.15, -0.1) is 0 Å². The Morgan fingerprint density at radius 2 is 1.84 bits per heavy atom. The second-order valence-corrected chi connectivity index (χ2v) is 12.4. The third-order valence-electron chi connectivity index (χ3n) is 5.91. The van der Waals surface area contributed by atoms with E-state index in [0.717, 1.165) is 30.2 Å². The van der Waals surface area contributed by atoms with Gasteiger partial charge in [-0.2, -0.15) is 8.81 Å². The Morgan fingerprint density at radius 1 is 1.16 bits per heavy atom. The molecule has 0 saturated heterocycles. The SMILES string of the molecule is CC(c1cccc(N(S(C)(=O)=O)S(C)(=O)=O)c1)N1CCn2nc3c(c2C1=O)CN[C@H](C)C3. The largest absolute Gasteiger partial charge is 0.329 e. The highest BCUT2D eigenvalue weighted by molar-refractivity contribution is 8.09. The summed E-state index contributed by atoms with van der Waals surface area (Å²) >= 11 is 0. The van der Waals surface area contributed by atoms with E-state index in [-0.39, 0.29) is 11.6 Å². The van der Waals surface area contributed by atoms with Gasteiger partial charge in [0.15, 0.2) is 0 Å². The quantitative estimate of drug-likeness (QED) is 0.672. The number of benzene rings is 1. The fourth-order valence-corrected chi connectivity index (χ4v) is 7.42. The monoisotopic (exact) mass is 481 g/mol. The van der Waals surface area contributed by atoms with E-state index in [4.69, 9.17) is 0 Å². The number of hydrogen-bond donors (Lipinski definition) is 1. The van der Waals surface area contributed by atoms with Crippen LogP contribution in [0.5, 0.6) is 0 Å². The van der Waals surface area contributed by atoms with E-state index in [1.165, 1.54) is 12.1 Å². The first-order chi connectivity index (χ1) is 14.9. The van der Waals surface area contributed by atoms with Crippen molar-refractivity contribution in [3.8, 4) is 0 Å². The molecule has 1 amide bonds. The molecule has 4 rings (SSSR count). The summed E-state index contributed by atoms with van der Waals surface area (Å²) in [5.74, 6) is -0.137. The van der Waals surface area contributed by atoms with Gasteiger partial charge in [-0.1, -0.05) is 12.1 Å². The van der Waals surface area contributed by atoms with Crippen molar-refractivity contribution in [1.29, 1.82) is 0 Å². The maximum absolute atomic E-state index is 13.4. The minimum absolute atomic E-state index is 0.0180. The van der Waals surface area contributed by atoms with Crippen LogP contribution in [0.1, 0.15) is 47.2 Å². The molecule has 2 aromatic rings. The molecule has 1 N–H and O–H groups in total. The Bertz CT molecular complexity index is 1250. The Morgan fingerprint density at radius 3 is 2.50 bits per heavy atom. The van der Waals surface area contributed by atoms with Gasteiger partial charge < -0.3 is 10.2 Å². The molecule has 0 spiro atoms. The maximum atomic E-state index is 13.4. The summed E-state index contributed by atoms with van der Waals surface area (Å²) in [6.07, 6.45) is 2.46. The first kappa shape index (κ1) is 22.7. The maximum Gasteiger partial charge on any atom is 0.273 e. The molecule has 174 valence electrons. The topological polar surface area (TPSA) is 122 Å². The number of hydrogen-bond acceptors (Lipinski definition) is 7. The number of nitrogens with one attached hydrogen (secondary N) is 1. The third kappa shape index (κ3) is 4.02. The lowest BCUT2D eigenvalue weighted by molar-refractivity contribution is 0.0623. The van der Waals surface area contributed by atoms with Gasteiger partial charge in [0.25, 0.3) is 5.91 Å². The molecule has 2 atom stereocenters. The van der Waals surface area contributed by atoms with Crippen molar-refractivity contribution in [2.45, 2.75) is 45.4 Å². The van der Waals surface area contributed by atoms with Gasteiger partial charge in [0, 0.05) is 31.1 Å². The second-order valence-electron chi connectivity index (χ2n) is 8.48. The summed E-state index contributed by atoms with van der Waals surface area (Å²) in [6.45, 7) is 5.53. The van der Waals surface area contributed by atoms with E-state index in [1.807, 2.05) is 6.92 Å². The molecular formula is C20H27N5O5S2. The molecule has 10 nitrogen and oxygen atoms in total. The molecule has 0 radical (unpaired) electrons. The molecule has 3 heterocycles. The Hall–Kier alpha value is -2.44. The van der Waals surface area contributed by atoms with E-state index in [9.17, 15) is 21.6 Å². The van der Waals surface area contributed by atoms with Crippen LogP contribution in [0.3, 0.4) is 0 Å². The molecule has 2 aliphatic rings. The van der Waals surface area contributed by atoms with Gasteiger partial charge in [-0.05, 0) is 31.5 Å². The summed E-state index contributed by atoms with van der Waals surface area (Å²) in [5, 5.41) is 8.01. The molecule has 0 fully saturated rings. The first-order valence-corrected chi connectivity index (χ1v) is 14.0. The minimum atomic E-state index is -4.05. The molecular weight excluding hydrogens is 454 g/mol. The van der Waals surface area contributed by atoms with Crippen molar-refractivity contribution in [2.24, 2.45) is 0 Å². The number of amides is 1. The predicted octanol–water partition coefficient (Wildman–Crippen LogP) is 0.860. The highest BCUT2D eigenvalue weighted by atomic mass is 32.3. The zero-order valence-corrected chi connectivity index (χ0v) is 20.1. The van der Waals surface area contributed by atoms with Crippen molar-refractivity contribution in [3.63, 3.8) is 0 Å². The van der Waals surface area contributed by atoms with Crippen molar-refractivity contribution in [2.75, 3.05) is 22.8 Å². The van der Waals surface area contributed by atoms with Crippen LogP contribution >= 0.6 is 0 Å². The molecule has 12 heteroatoms. The number of sulfonamides is 2. The lowest BCUT2D eigenvalue weighted by atomic mass is 10.00. The number of fused-ring (bicyclic) bond motifs is 3. The molecule has 1 aromatic carbocycles. The molecule has 0 bridgehead atoms. The number of carbonyl (C=O) groups is 1. The smallest absolute Gasteiger partial charge is 0.273 e. The fraction of sp³-hybridized carbons (Fsp3) is 0.500. The number of rotatable bonds is 5. The summed E-state index contributed by atoms with van der Waals surface area (Å²) in [7, 11) is -8.11. The van der Waals surface area contributed by atoms with Gasteiger partial charge in [0.2, 0.25) is 20.0 Å². The van der Waals surface area contributed by atoms with Crippen LogP contribution in [-0.4, -0.2) is 62.5 Å². The average Bonchev–Trinajstić information content (AvgIpc) is 3.04. The van der Waals surface area contributed by atoms with E-state index >= 15 is 0 Å². The van der Waals surface area contributed by atoms with E-state index in [0.29, 0.717) is 40.6 Å². The van der Waals surface area contributed by atoms with Crippen LogP contribution in [0.2, 0.25) is 0 Å². The summed E-state index contributed by atoms with van der Waals surface area (Å²) < 4.78 is 50.8. The van der Waals surface area contributed by atoms with E-state index in [2.05, 4.69) is 17.3 Å². The zero-order valence-electron chi connectivity index (χ0n) is 18.4. The van der Waals surface area contributed by atoms with Crippen molar-refractivity contribution >= 4 is 31.6 Å². The Kier molecular flexibility index (Phi) is 5.58. The van der Waals surface area contributed by atoms with Gasteiger partial charge in [0.05, 0.1) is 36.5 Å². The minimum Gasteiger partial charge on any atom is -0.329 e. The predicted molar refractivity (Wildman–Crippen MR) is 120 cm³/mol. The highest BCUT2D eigenvalue weighted by Gasteiger charge is 2.35. The van der Waals surface area contributed by atoms with Crippen molar-refractivity contribution < 1.29 is 21.6 Å². The standard InChI is InChI=1S/C20H27N5O5S2/c1-13-10-18-17(12-21-13)19-20(26)23(8-9-24(19)22-18)14(2)15-6-5-7-16(11-15)25(31(3,27)28)32(4,29)30/h5-7,11,13-14,21H,8-10,12H2,1-4H3/t13-,14?/m1/s1.